The van der Waals surface area contributed by atoms with Gasteiger partial charge in [-0.05, 0) is 56.3 Å². The first-order valence-electron chi connectivity index (χ1n) is 10.2. The molecule has 0 aliphatic carbocycles. The Balaban J connectivity index is 1.46. The smallest absolute Gasteiger partial charge is 0.255 e. The number of amides is 3. The van der Waals surface area contributed by atoms with Crippen LogP contribution in [0.5, 0.6) is 0 Å². The Morgan fingerprint density at radius 1 is 1.18 bits per heavy atom. The molecule has 4 rings (SSSR count). The quantitative estimate of drug-likeness (QED) is 0.657. The number of imide groups is 1. The Morgan fingerprint density at radius 3 is 2.71 bits per heavy atom. The van der Waals surface area contributed by atoms with E-state index in [-0.39, 0.29) is 24.1 Å². The molecule has 3 aliphatic rings. The van der Waals surface area contributed by atoms with Gasteiger partial charge in [0.05, 0.1) is 0 Å². The van der Waals surface area contributed by atoms with Crippen molar-refractivity contribution < 1.29 is 14.4 Å². The van der Waals surface area contributed by atoms with Gasteiger partial charge in [-0.15, -0.1) is 0 Å². The standard InChI is InChI=1S/C21H28N4O3/c1-13(14-7-9-22-10-8-14)23-11-15-3-2-4-16-12-25(21(28)19(15)16)17-5-6-18(26)24-20(17)27/h2-4,13-14,17,22-23H,5-12H2,1H3,(H,24,26,27)/t13-,17?/m0/s1. The van der Waals surface area contributed by atoms with E-state index in [0.717, 1.165) is 29.8 Å². The average molecular weight is 384 g/mol. The highest BCUT2D eigenvalue weighted by Crippen LogP contribution is 2.30. The molecule has 7 nitrogen and oxygen atoms in total. The van der Waals surface area contributed by atoms with Crippen molar-refractivity contribution in [2.75, 3.05) is 13.1 Å². The van der Waals surface area contributed by atoms with Crippen molar-refractivity contribution in [1.29, 1.82) is 0 Å². The third-order valence-electron chi connectivity index (χ3n) is 6.34. The normalized spacial score (nSPS) is 24.2. The maximum atomic E-state index is 13.1. The SMILES string of the molecule is C[C@H](NCc1cccc2c1C(=O)N(C1CCC(=O)NC1=O)C2)C1CCNCC1. The summed E-state index contributed by atoms with van der Waals surface area (Å²) in [6.07, 6.45) is 3.01. The molecular weight excluding hydrogens is 356 g/mol. The highest BCUT2D eigenvalue weighted by Gasteiger charge is 2.39. The van der Waals surface area contributed by atoms with Crippen LogP contribution < -0.4 is 16.0 Å². The third kappa shape index (κ3) is 3.69. The molecule has 2 fully saturated rings. The van der Waals surface area contributed by atoms with E-state index in [2.05, 4.69) is 22.9 Å². The van der Waals surface area contributed by atoms with Crippen LogP contribution in [-0.2, 0) is 22.7 Å². The number of benzene rings is 1. The van der Waals surface area contributed by atoms with Crippen molar-refractivity contribution in [2.45, 2.75) is 57.8 Å². The lowest BCUT2D eigenvalue weighted by atomic mass is 9.91. The Bertz CT molecular complexity index is 788. The zero-order chi connectivity index (χ0) is 19.7. The predicted octanol–water partition coefficient (Wildman–Crippen LogP) is 0.925. The molecule has 2 atom stereocenters. The monoisotopic (exact) mass is 384 g/mol. The predicted molar refractivity (Wildman–Crippen MR) is 104 cm³/mol. The van der Waals surface area contributed by atoms with Gasteiger partial charge in [0.15, 0.2) is 0 Å². The molecule has 0 saturated carbocycles. The topological polar surface area (TPSA) is 90.5 Å². The van der Waals surface area contributed by atoms with Gasteiger partial charge in [-0.2, -0.15) is 0 Å². The Kier molecular flexibility index (Phi) is 5.46. The molecule has 0 aromatic heterocycles. The van der Waals surface area contributed by atoms with Crippen LogP contribution in [0.2, 0.25) is 0 Å². The second-order valence-corrected chi connectivity index (χ2v) is 8.11. The summed E-state index contributed by atoms with van der Waals surface area (Å²) in [6.45, 7) is 5.42. The van der Waals surface area contributed by atoms with Crippen LogP contribution in [0, 0.1) is 5.92 Å². The summed E-state index contributed by atoms with van der Waals surface area (Å²) in [5.41, 5.74) is 2.67. The molecule has 0 spiro atoms. The van der Waals surface area contributed by atoms with Crippen molar-refractivity contribution >= 4 is 17.7 Å². The Hall–Kier alpha value is -2.25. The van der Waals surface area contributed by atoms with Crippen molar-refractivity contribution in [1.82, 2.24) is 20.9 Å². The van der Waals surface area contributed by atoms with Gasteiger partial charge in [0.1, 0.15) is 6.04 Å². The number of nitrogens with one attached hydrogen (secondary N) is 3. The highest BCUT2D eigenvalue weighted by atomic mass is 16.2. The number of hydrogen-bond donors (Lipinski definition) is 3. The van der Waals surface area contributed by atoms with Gasteiger partial charge in [0.2, 0.25) is 11.8 Å². The van der Waals surface area contributed by atoms with Crippen molar-refractivity contribution in [3.05, 3.63) is 34.9 Å². The number of nitrogens with zero attached hydrogens (tertiary/aromatic N) is 1. The van der Waals surface area contributed by atoms with E-state index in [0.29, 0.717) is 31.5 Å². The molecule has 1 aromatic carbocycles. The molecule has 28 heavy (non-hydrogen) atoms. The summed E-state index contributed by atoms with van der Waals surface area (Å²) in [7, 11) is 0. The molecule has 1 aromatic rings. The fourth-order valence-electron chi connectivity index (χ4n) is 4.62. The van der Waals surface area contributed by atoms with E-state index in [1.807, 2.05) is 18.2 Å². The summed E-state index contributed by atoms with van der Waals surface area (Å²) < 4.78 is 0. The first-order valence-corrected chi connectivity index (χ1v) is 10.2. The second kappa shape index (κ2) is 8.01. The number of fused-ring (bicyclic) bond motifs is 1. The number of hydrogen-bond acceptors (Lipinski definition) is 5. The molecule has 7 heteroatoms. The molecule has 3 aliphatic heterocycles. The number of carbonyl (C=O) groups excluding carboxylic acids is 3. The van der Waals surface area contributed by atoms with E-state index >= 15 is 0 Å². The van der Waals surface area contributed by atoms with Gasteiger partial charge in [-0.1, -0.05) is 18.2 Å². The third-order valence-corrected chi connectivity index (χ3v) is 6.34. The van der Waals surface area contributed by atoms with Crippen LogP contribution in [0.15, 0.2) is 18.2 Å². The molecule has 0 bridgehead atoms. The van der Waals surface area contributed by atoms with Crippen LogP contribution in [0.3, 0.4) is 0 Å². The van der Waals surface area contributed by atoms with Crippen LogP contribution >= 0.6 is 0 Å². The number of rotatable bonds is 5. The van der Waals surface area contributed by atoms with Gasteiger partial charge in [0, 0.05) is 31.1 Å². The highest BCUT2D eigenvalue weighted by molar-refractivity contribution is 6.05. The second-order valence-electron chi connectivity index (χ2n) is 8.11. The molecule has 3 amide bonds. The van der Waals surface area contributed by atoms with Crippen molar-refractivity contribution in [2.24, 2.45) is 5.92 Å². The maximum Gasteiger partial charge on any atom is 0.255 e. The van der Waals surface area contributed by atoms with Gasteiger partial charge >= 0.3 is 0 Å². The maximum absolute atomic E-state index is 13.1. The first-order chi connectivity index (χ1) is 13.5. The Morgan fingerprint density at radius 2 is 1.96 bits per heavy atom. The molecule has 150 valence electrons. The minimum atomic E-state index is -0.563. The Labute approximate surface area is 165 Å². The summed E-state index contributed by atoms with van der Waals surface area (Å²) >= 11 is 0. The minimum Gasteiger partial charge on any atom is -0.322 e. The molecule has 0 radical (unpaired) electrons. The van der Waals surface area contributed by atoms with Gasteiger partial charge in [-0.25, -0.2) is 0 Å². The minimum absolute atomic E-state index is 0.101. The van der Waals surface area contributed by atoms with Crippen LogP contribution in [-0.4, -0.2) is 47.8 Å². The molecule has 2 saturated heterocycles. The van der Waals surface area contributed by atoms with E-state index in [1.165, 1.54) is 12.8 Å². The van der Waals surface area contributed by atoms with Crippen LogP contribution in [0.4, 0.5) is 0 Å². The van der Waals surface area contributed by atoms with Gasteiger partial charge in [0.25, 0.3) is 5.91 Å². The lowest BCUT2D eigenvalue weighted by Crippen LogP contribution is -2.52. The summed E-state index contributed by atoms with van der Waals surface area (Å²) in [4.78, 5) is 38.4. The van der Waals surface area contributed by atoms with Gasteiger partial charge in [-0.3, -0.25) is 19.7 Å². The lowest BCUT2D eigenvalue weighted by molar-refractivity contribution is -0.136. The summed E-state index contributed by atoms with van der Waals surface area (Å²) in [5, 5.41) is 9.35. The summed E-state index contributed by atoms with van der Waals surface area (Å²) in [6, 6.07) is 5.76. The molecule has 3 N–H and O–H groups in total. The van der Waals surface area contributed by atoms with E-state index in [4.69, 9.17) is 0 Å². The first kappa shape index (κ1) is 19.1. The van der Waals surface area contributed by atoms with E-state index in [9.17, 15) is 14.4 Å². The zero-order valence-corrected chi connectivity index (χ0v) is 16.3. The van der Waals surface area contributed by atoms with Crippen molar-refractivity contribution in [3.8, 4) is 0 Å². The van der Waals surface area contributed by atoms with Crippen molar-refractivity contribution in [3.63, 3.8) is 0 Å². The number of carbonyl (C=O) groups is 3. The fraction of sp³-hybridized carbons (Fsp3) is 0.571. The van der Waals surface area contributed by atoms with Crippen LogP contribution in [0.25, 0.3) is 0 Å². The molecule has 1 unspecified atom stereocenters. The molecule has 3 heterocycles. The molecular formula is C21H28N4O3. The average Bonchev–Trinajstić information content (AvgIpc) is 3.04. The van der Waals surface area contributed by atoms with E-state index < -0.39 is 6.04 Å². The van der Waals surface area contributed by atoms with Crippen LogP contribution in [0.1, 0.15) is 54.1 Å². The summed E-state index contributed by atoms with van der Waals surface area (Å²) in [5.74, 6) is -0.0797. The van der Waals surface area contributed by atoms with E-state index in [1.54, 1.807) is 4.90 Å². The fourth-order valence-corrected chi connectivity index (χ4v) is 4.62. The van der Waals surface area contributed by atoms with Gasteiger partial charge < -0.3 is 15.5 Å². The zero-order valence-electron chi connectivity index (χ0n) is 16.3. The largest absolute Gasteiger partial charge is 0.322 e. The number of piperidine rings is 2. The lowest BCUT2D eigenvalue weighted by Gasteiger charge is -2.29.